The first-order valence-corrected chi connectivity index (χ1v) is 12.0. The van der Waals surface area contributed by atoms with Crippen molar-refractivity contribution in [3.8, 4) is 11.5 Å². The number of hydrogen-bond donors (Lipinski definition) is 2. The van der Waals surface area contributed by atoms with Crippen molar-refractivity contribution in [3.63, 3.8) is 0 Å². The van der Waals surface area contributed by atoms with Crippen LogP contribution in [0.5, 0.6) is 11.5 Å². The van der Waals surface area contributed by atoms with Crippen LogP contribution in [-0.2, 0) is 6.54 Å². The first kappa shape index (κ1) is 23.3. The van der Waals surface area contributed by atoms with E-state index < -0.39 is 6.10 Å². The van der Waals surface area contributed by atoms with Crippen LogP contribution in [0.25, 0.3) is 0 Å². The average Bonchev–Trinajstić information content (AvgIpc) is 2.68. The molecule has 5 nitrogen and oxygen atoms in total. The number of likely N-dealkylation sites (tertiary alicyclic amines) is 1. The van der Waals surface area contributed by atoms with Gasteiger partial charge in [0, 0.05) is 13.1 Å². The van der Waals surface area contributed by atoms with Gasteiger partial charge in [0.1, 0.15) is 12.7 Å². The molecule has 0 unspecified atom stereocenters. The smallest absolute Gasteiger partial charge is 0.161 e. The number of hydrogen-bond acceptors (Lipinski definition) is 6. The number of methoxy groups -OCH3 is 1. The number of nitrogens with zero attached hydrogens (tertiary/aromatic N) is 1. The summed E-state index contributed by atoms with van der Waals surface area (Å²) in [6.07, 6.45) is 9.23. The molecule has 28 heavy (non-hydrogen) atoms. The van der Waals surface area contributed by atoms with Gasteiger partial charge in [0.25, 0.3) is 0 Å². The molecule has 0 amide bonds. The molecule has 1 aliphatic rings. The molecule has 1 saturated heterocycles. The molecule has 1 aromatic rings. The number of ether oxygens (including phenoxy) is 2. The van der Waals surface area contributed by atoms with E-state index in [0.29, 0.717) is 18.0 Å². The van der Waals surface area contributed by atoms with Crippen molar-refractivity contribution in [1.29, 1.82) is 0 Å². The van der Waals surface area contributed by atoms with E-state index in [1.165, 1.54) is 49.8 Å². The van der Waals surface area contributed by atoms with Crippen LogP contribution in [0.2, 0.25) is 0 Å². The summed E-state index contributed by atoms with van der Waals surface area (Å²) in [5.41, 5.74) is 1.17. The first-order valence-electron chi connectivity index (χ1n) is 10.6. The minimum atomic E-state index is -0.488. The third-order valence-electron chi connectivity index (χ3n) is 5.11. The molecule has 6 heteroatoms. The molecule has 1 aliphatic heterocycles. The Labute approximate surface area is 175 Å². The Morgan fingerprint density at radius 1 is 1.14 bits per heavy atom. The normalized spacial score (nSPS) is 17.0. The largest absolute Gasteiger partial charge is 0.493 e. The molecule has 1 fully saturated rings. The Hall–Kier alpha value is -0.950. The molecular weight excluding hydrogens is 372 g/mol. The zero-order valence-corrected chi connectivity index (χ0v) is 18.4. The number of rotatable bonds is 12. The number of thioether (sulfide) groups is 1. The fraction of sp³-hybridized carbons (Fsp3) is 0.727. The lowest BCUT2D eigenvalue weighted by Crippen LogP contribution is -2.37. The van der Waals surface area contributed by atoms with E-state index >= 15 is 0 Å². The lowest BCUT2D eigenvalue weighted by molar-refractivity contribution is 0.0644. The maximum Gasteiger partial charge on any atom is 0.161 e. The Morgan fingerprint density at radius 2 is 1.89 bits per heavy atom. The summed E-state index contributed by atoms with van der Waals surface area (Å²) in [6, 6.07) is 6.02. The zero-order valence-electron chi connectivity index (χ0n) is 17.6. The zero-order chi connectivity index (χ0) is 20.0. The predicted molar refractivity (Wildman–Crippen MR) is 119 cm³/mol. The quantitative estimate of drug-likeness (QED) is 0.514. The Morgan fingerprint density at radius 3 is 2.61 bits per heavy atom. The summed E-state index contributed by atoms with van der Waals surface area (Å²) in [5.74, 6) is 2.60. The van der Waals surface area contributed by atoms with Crippen molar-refractivity contribution in [2.45, 2.75) is 51.2 Å². The van der Waals surface area contributed by atoms with Crippen LogP contribution in [0.1, 0.15) is 44.1 Å². The molecule has 0 aliphatic carbocycles. The van der Waals surface area contributed by atoms with E-state index in [0.717, 1.165) is 26.2 Å². The van der Waals surface area contributed by atoms with Gasteiger partial charge in [-0.05, 0) is 68.6 Å². The second-order valence-corrected chi connectivity index (χ2v) is 8.53. The first-order chi connectivity index (χ1) is 13.7. The maximum absolute atomic E-state index is 10.5. The molecule has 160 valence electrons. The van der Waals surface area contributed by atoms with Gasteiger partial charge in [-0.1, -0.05) is 25.3 Å². The van der Waals surface area contributed by atoms with E-state index in [9.17, 15) is 5.11 Å². The van der Waals surface area contributed by atoms with Gasteiger partial charge in [-0.2, -0.15) is 11.8 Å². The van der Waals surface area contributed by atoms with Gasteiger partial charge in [0.2, 0.25) is 0 Å². The molecule has 0 bridgehead atoms. The number of aliphatic hydroxyl groups is 1. The number of nitrogens with one attached hydrogen (secondary N) is 1. The highest BCUT2D eigenvalue weighted by Crippen LogP contribution is 2.28. The minimum absolute atomic E-state index is 0.289. The van der Waals surface area contributed by atoms with E-state index in [-0.39, 0.29) is 6.61 Å². The fourth-order valence-corrected chi connectivity index (χ4v) is 3.98. The summed E-state index contributed by atoms with van der Waals surface area (Å²) in [5, 5.41) is 13.9. The Kier molecular flexibility index (Phi) is 11.7. The van der Waals surface area contributed by atoms with Crippen LogP contribution < -0.4 is 14.8 Å². The van der Waals surface area contributed by atoms with Gasteiger partial charge in [-0.25, -0.2) is 0 Å². The summed E-state index contributed by atoms with van der Waals surface area (Å²) in [6.45, 7) is 4.95. The van der Waals surface area contributed by atoms with Gasteiger partial charge in [0.15, 0.2) is 11.5 Å². The molecular formula is C22H38N2O3S. The van der Waals surface area contributed by atoms with Gasteiger partial charge in [0.05, 0.1) is 7.11 Å². The predicted octanol–water partition coefficient (Wildman–Crippen LogP) is 3.54. The number of benzene rings is 1. The molecule has 1 heterocycles. The molecule has 1 aromatic carbocycles. The van der Waals surface area contributed by atoms with Crippen molar-refractivity contribution in [2.24, 2.45) is 0 Å². The second kappa shape index (κ2) is 14.1. The van der Waals surface area contributed by atoms with Crippen LogP contribution in [-0.4, -0.2) is 68.0 Å². The second-order valence-electron chi connectivity index (χ2n) is 7.54. The van der Waals surface area contributed by atoms with E-state index in [1.54, 1.807) is 7.11 Å². The van der Waals surface area contributed by atoms with Crippen LogP contribution in [0.15, 0.2) is 18.2 Å². The number of β-amino-alcohol motifs (C(OH)–C–C–N with tert-alkyl or cyclic N) is 1. The highest BCUT2D eigenvalue weighted by Gasteiger charge is 2.15. The van der Waals surface area contributed by atoms with E-state index in [4.69, 9.17) is 9.47 Å². The van der Waals surface area contributed by atoms with E-state index in [1.807, 2.05) is 23.9 Å². The monoisotopic (exact) mass is 410 g/mol. The fourth-order valence-electron chi connectivity index (χ4n) is 3.55. The summed E-state index contributed by atoms with van der Waals surface area (Å²) in [7, 11) is 1.65. The SMILES string of the molecule is COc1ccc(CNCCCSC)cc1OC[C@@H](O)CN1CCCCCCC1. The van der Waals surface area contributed by atoms with Crippen molar-refractivity contribution in [3.05, 3.63) is 23.8 Å². The topological polar surface area (TPSA) is 54.0 Å². The van der Waals surface area contributed by atoms with Gasteiger partial charge < -0.3 is 24.8 Å². The lowest BCUT2D eigenvalue weighted by atomic mass is 10.1. The van der Waals surface area contributed by atoms with Crippen molar-refractivity contribution < 1.29 is 14.6 Å². The standard InChI is InChI=1S/C22H38N2O3S/c1-26-21-10-9-19(16-23-11-8-14-28-2)15-22(21)27-18-20(25)17-24-12-6-4-3-5-7-13-24/h9-10,15,20,23,25H,3-8,11-14,16-18H2,1-2H3/t20-/m0/s1. The van der Waals surface area contributed by atoms with Crippen molar-refractivity contribution in [1.82, 2.24) is 10.2 Å². The lowest BCUT2D eigenvalue weighted by Gasteiger charge is -2.26. The minimum Gasteiger partial charge on any atom is -0.493 e. The van der Waals surface area contributed by atoms with Crippen molar-refractivity contribution in [2.75, 3.05) is 51.9 Å². The van der Waals surface area contributed by atoms with Crippen LogP contribution >= 0.6 is 11.8 Å². The third kappa shape index (κ3) is 9.03. The van der Waals surface area contributed by atoms with Crippen molar-refractivity contribution >= 4 is 11.8 Å². The average molecular weight is 411 g/mol. The molecule has 0 aromatic heterocycles. The highest BCUT2D eigenvalue weighted by atomic mass is 32.2. The Balaban J connectivity index is 1.80. The van der Waals surface area contributed by atoms with Gasteiger partial charge >= 0.3 is 0 Å². The Bertz CT molecular complexity index is 537. The number of aliphatic hydroxyl groups excluding tert-OH is 1. The third-order valence-corrected chi connectivity index (χ3v) is 5.80. The molecule has 0 radical (unpaired) electrons. The highest BCUT2D eigenvalue weighted by molar-refractivity contribution is 7.98. The van der Waals surface area contributed by atoms with E-state index in [2.05, 4.69) is 22.5 Å². The molecule has 1 atom stereocenters. The molecule has 2 N–H and O–H groups in total. The van der Waals surface area contributed by atoms with Crippen LogP contribution in [0, 0.1) is 0 Å². The summed E-state index contributed by atoms with van der Waals surface area (Å²) in [4.78, 5) is 2.37. The van der Waals surface area contributed by atoms with Gasteiger partial charge in [-0.3, -0.25) is 0 Å². The van der Waals surface area contributed by atoms with Crippen LogP contribution in [0.3, 0.4) is 0 Å². The summed E-state index contributed by atoms with van der Waals surface area (Å²) >= 11 is 1.88. The maximum atomic E-state index is 10.5. The molecule has 2 rings (SSSR count). The van der Waals surface area contributed by atoms with Gasteiger partial charge in [-0.15, -0.1) is 0 Å². The molecule has 0 spiro atoms. The molecule has 0 saturated carbocycles. The summed E-state index contributed by atoms with van der Waals surface area (Å²) < 4.78 is 11.4. The van der Waals surface area contributed by atoms with Crippen LogP contribution in [0.4, 0.5) is 0 Å².